The molecule has 1 aliphatic rings. The zero-order chi connectivity index (χ0) is 11.3. The van der Waals surface area contributed by atoms with Crippen LogP contribution >= 0.6 is 23.5 Å². The Hall–Kier alpha value is -0.120. The van der Waals surface area contributed by atoms with Crippen molar-refractivity contribution in [3.05, 3.63) is 30.3 Å². The van der Waals surface area contributed by atoms with Crippen LogP contribution in [0.1, 0.15) is 12.8 Å². The summed E-state index contributed by atoms with van der Waals surface area (Å²) in [6.07, 6.45) is 5.02. The van der Waals surface area contributed by atoms with E-state index in [0.29, 0.717) is 4.75 Å². The second kappa shape index (κ2) is 5.99. The largest absolute Gasteiger partial charge is 0.315 e. The number of benzene rings is 1. The highest BCUT2D eigenvalue weighted by Gasteiger charge is 2.41. The van der Waals surface area contributed by atoms with Crippen molar-refractivity contribution in [1.29, 1.82) is 0 Å². The summed E-state index contributed by atoms with van der Waals surface area (Å²) in [6.45, 7) is 2.30. The minimum absolute atomic E-state index is 0.595. The molecular formula is C13H19NS2. The maximum atomic E-state index is 3.57. The molecule has 0 radical (unpaired) electrons. The lowest BCUT2D eigenvalue weighted by Gasteiger charge is -2.12. The summed E-state index contributed by atoms with van der Waals surface area (Å²) in [5, 5.41) is 3.57. The highest BCUT2D eigenvalue weighted by atomic mass is 32.2. The van der Waals surface area contributed by atoms with Gasteiger partial charge in [-0.1, -0.05) is 18.2 Å². The molecule has 0 amide bonds. The summed E-state index contributed by atoms with van der Waals surface area (Å²) in [7, 11) is 0. The average molecular weight is 253 g/mol. The van der Waals surface area contributed by atoms with Gasteiger partial charge in [0.1, 0.15) is 0 Å². The van der Waals surface area contributed by atoms with Gasteiger partial charge in [-0.15, -0.1) is 11.8 Å². The van der Waals surface area contributed by atoms with Crippen LogP contribution in [-0.4, -0.2) is 29.8 Å². The SMILES string of the molecule is CSC1(CNCCSc2ccccc2)CC1. The van der Waals surface area contributed by atoms with Crippen LogP contribution in [0.3, 0.4) is 0 Å². The molecule has 0 saturated heterocycles. The normalized spacial score (nSPS) is 17.3. The first kappa shape index (κ1) is 12.3. The van der Waals surface area contributed by atoms with Gasteiger partial charge in [0, 0.05) is 28.5 Å². The minimum atomic E-state index is 0.595. The van der Waals surface area contributed by atoms with E-state index in [9.17, 15) is 0 Å². The van der Waals surface area contributed by atoms with Crippen molar-refractivity contribution in [3.8, 4) is 0 Å². The molecule has 0 unspecified atom stereocenters. The van der Waals surface area contributed by atoms with E-state index in [0.717, 1.165) is 12.3 Å². The standard InChI is InChI=1S/C13H19NS2/c1-15-13(7-8-13)11-14-9-10-16-12-5-3-2-4-6-12/h2-6,14H,7-11H2,1H3. The summed E-state index contributed by atoms with van der Waals surface area (Å²) in [5.74, 6) is 1.16. The monoisotopic (exact) mass is 253 g/mol. The van der Waals surface area contributed by atoms with Crippen molar-refractivity contribution in [2.45, 2.75) is 22.5 Å². The molecule has 0 atom stereocenters. The van der Waals surface area contributed by atoms with Crippen molar-refractivity contribution in [2.75, 3.05) is 25.1 Å². The Morgan fingerprint density at radius 1 is 1.25 bits per heavy atom. The fourth-order valence-electron chi connectivity index (χ4n) is 1.67. The second-order valence-corrected chi connectivity index (χ2v) is 6.67. The predicted octanol–water partition coefficient (Wildman–Crippen LogP) is 3.26. The van der Waals surface area contributed by atoms with Crippen LogP contribution in [0.4, 0.5) is 0 Å². The van der Waals surface area contributed by atoms with E-state index in [-0.39, 0.29) is 0 Å². The summed E-state index contributed by atoms with van der Waals surface area (Å²) in [5.41, 5.74) is 0. The van der Waals surface area contributed by atoms with Crippen LogP contribution in [0.2, 0.25) is 0 Å². The fourth-order valence-corrected chi connectivity index (χ4v) is 3.25. The summed E-state index contributed by atoms with van der Waals surface area (Å²) in [6, 6.07) is 10.6. The van der Waals surface area contributed by atoms with Gasteiger partial charge in [0.25, 0.3) is 0 Å². The molecule has 88 valence electrons. The zero-order valence-corrected chi connectivity index (χ0v) is 11.4. The van der Waals surface area contributed by atoms with Crippen LogP contribution in [-0.2, 0) is 0 Å². The Morgan fingerprint density at radius 3 is 2.62 bits per heavy atom. The van der Waals surface area contributed by atoms with Crippen molar-refractivity contribution in [1.82, 2.24) is 5.32 Å². The first-order chi connectivity index (χ1) is 7.85. The minimum Gasteiger partial charge on any atom is -0.315 e. The molecule has 0 aliphatic heterocycles. The van der Waals surface area contributed by atoms with Gasteiger partial charge in [-0.3, -0.25) is 0 Å². The molecule has 1 aromatic carbocycles. The molecule has 0 spiro atoms. The first-order valence-corrected chi connectivity index (χ1v) is 7.99. The van der Waals surface area contributed by atoms with Crippen LogP contribution < -0.4 is 5.32 Å². The molecule has 3 heteroatoms. The Morgan fingerprint density at radius 2 is 2.00 bits per heavy atom. The number of nitrogens with one attached hydrogen (secondary N) is 1. The number of hydrogen-bond acceptors (Lipinski definition) is 3. The molecule has 16 heavy (non-hydrogen) atoms. The molecule has 1 aromatic rings. The van der Waals surface area contributed by atoms with Gasteiger partial charge >= 0.3 is 0 Å². The summed E-state index contributed by atoms with van der Waals surface area (Å²) in [4.78, 5) is 1.37. The lowest BCUT2D eigenvalue weighted by molar-refractivity contribution is 0.693. The Kier molecular flexibility index (Phi) is 4.62. The first-order valence-electron chi connectivity index (χ1n) is 5.78. The third kappa shape index (κ3) is 3.72. The maximum Gasteiger partial charge on any atom is 0.0282 e. The topological polar surface area (TPSA) is 12.0 Å². The smallest absolute Gasteiger partial charge is 0.0282 e. The number of thioether (sulfide) groups is 2. The van der Waals surface area contributed by atoms with Gasteiger partial charge in [-0.05, 0) is 31.2 Å². The summed E-state index contributed by atoms with van der Waals surface area (Å²) < 4.78 is 0.595. The molecule has 1 fully saturated rings. The van der Waals surface area contributed by atoms with E-state index in [1.807, 2.05) is 23.5 Å². The van der Waals surface area contributed by atoms with Crippen LogP contribution in [0.5, 0.6) is 0 Å². The Bertz CT molecular complexity index is 309. The van der Waals surface area contributed by atoms with Crippen molar-refractivity contribution in [2.24, 2.45) is 0 Å². The zero-order valence-electron chi connectivity index (χ0n) is 9.74. The van der Waals surface area contributed by atoms with Gasteiger partial charge in [0.2, 0.25) is 0 Å². The van der Waals surface area contributed by atoms with Gasteiger partial charge < -0.3 is 5.32 Å². The molecule has 2 rings (SSSR count). The fraction of sp³-hybridized carbons (Fsp3) is 0.538. The van der Waals surface area contributed by atoms with Crippen molar-refractivity contribution < 1.29 is 0 Å². The quantitative estimate of drug-likeness (QED) is 0.592. The number of rotatable bonds is 7. The number of hydrogen-bond donors (Lipinski definition) is 1. The maximum absolute atomic E-state index is 3.57. The van der Waals surface area contributed by atoms with E-state index in [1.165, 1.54) is 24.3 Å². The average Bonchev–Trinajstić information content (AvgIpc) is 3.11. The van der Waals surface area contributed by atoms with Crippen molar-refractivity contribution >= 4 is 23.5 Å². The third-order valence-corrected chi connectivity index (χ3v) is 5.41. The highest BCUT2D eigenvalue weighted by Crippen LogP contribution is 2.46. The lowest BCUT2D eigenvalue weighted by atomic mass is 10.4. The lowest BCUT2D eigenvalue weighted by Crippen LogP contribution is -2.27. The van der Waals surface area contributed by atoms with Gasteiger partial charge in [-0.2, -0.15) is 11.8 Å². The van der Waals surface area contributed by atoms with Gasteiger partial charge in [0.05, 0.1) is 0 Å². The van der Waals surface area contributed by atoms with Crippen LogP contribution in [0.25, 0.3) is 0 Å². The molecular weight excluding hydrogens is 234 g/mol. The van der Waals surface area contributed by atoms with Gasteiger partial charge in [0.15, 0.2) is 0 Å². The van der Waals surface area contributed by atoms with Gasteiger partial charge in [-0.25, -0.2) is 0 Å². The van der Waals surface area contributed by atoms with E-state index in [1.54, 1.807) is 0 Å². The Labute approximate surface area is 107 Å². The van der Waals surface area contributed by atoms with E-state index < -0.39 is 0 Å². The molecule has 0 aromatic heterocycles. The van der Waals surface area contributed by atoms with E-state index in [4.69, 9.17) is 0 Å². The van der Waals surface area contributed by atoms with E-state index in [2.05, 4.69) is 41.9 Å². The predicted molar refractivity (Wildman–Crippen MR) is 75.5 cm³/mol. The third-order valence-electron chi connectivity index (χ3n) is 2.98. The van der Waals surface area contributed by atoms with Crippen LogP contribution in [0, 0.1) is 0 Å². The summed E-state index contributed by atoms with van der Waals surface area (Å²) >= 11 is 3.95. The van der Waals surface area contributed by atoms with Crippen molar-refractivity contribution in [3.63, 3.8) is 0 Å². The Balaban J connectivity index is 1.56. The molecule has 1 saturated carbocycles. The molecule has 1 aliphatic carbocycles. The molecule has 1 nitrogen and oxygen atoms in total. The molecule has 0 heterocycles. The van der Waals surface area contributed by atoms with Crippen LogP contribution in [0.15, 0.2) is 35.2 Å². The highest BCUT2D eigenvalue weighted by molar-refractivity contribution is 8.00. The molecule has 1 N–H and O–H groups in total. The second-order valence-electron chi connectivity index (χ2n) is 4.23. The molecule has 0 bridgehead atoms. The van der Waals surface area contributed by atoms with E-state index >= 15 is 0 Å².